The van der Waals surface area contributed by atoms with Gasteiger partial charge in [0.2, 0.25) is 0 Å². The predicted octanol–water partition coefficient (Wildman–Crippen LogP) is 2.61. The number of benzene rings is 1. The molecule has 0 unspecified atom stereocenters. The molecular formula is C9H9BrF2N2. The van der Waals surface area contributed by atoms with Crippen molar-refractivity contribution in [3.63, 3.8) is 0 Å². The second-order valence-electron chi connectivity index (χ2n) is 2.99. The van der Waals surface area contributed by atoms with E-state index < -0.39 is 11.6 Å². The maximum atomic E-state index is 12.9. The van der Waals surface area contributed by atoms with Crippen molar-refractivity contribution in [2.24, 2.45) is 0 Å². The van der Waals surface area contributed by atoms with Gasteiger partial charge >= 0.3 is 0 Å². The molecule has 14 heavy (non-hydrogen) atoms. The van der Waals surface area contributed by atoms with E-state index in [-0.39, 0.29) is 5.84 Å². The van der Waals surface area contributed by atoms with Crippen LogP contribution in [-0.4, -0.2) is 24.8 Å². The zero-order valence-corrected chi connectivity index (χ0v) is 9.32. The van der Waals surface area contributed by atoms with Crippen molar-refractivity contribution in [1.82, 2.24) is 4.90 Å². The normalized spacial score (nSPS) is 10.1. The van der Waals surface area contributed by atoms with Gasteiger partial charge in [-0.3, -0.25) is 5.41 Å². The number of nitrogens with zero attached hydrogens (tertiary/aromatic N) is 1. The topological polar surface area (TPSA) is 27.1 Å². The van der Waals surface area contributed by atoms with Gasteiger partial charge in [0.25, 0.3) is 0 Å². The van der Waals surface area contributed by atoms with Gasteiger partial charge < -0.3 is 4.90 Å². The average molecular weight is 263 g/mol. The Hall–Kier alpha value is -0.970. The molecule has 0 amide bonds. The van der Waals surface area contributed by atoms with Crippen LogP contribution in [0, 0.1) is 17.0 Å². The van der Waals surface area contributed by atoms with Crippen LogP contribution in [-0.2, 0) is 0 Å². The number of hydrogen-bond donors (Lipinski definition) is 1. The first-order valence-corrected chi connectivity index (χ1v) is 4.63. The molecule has 76 valence electrons. The summed E-state index contributed by atoms with van der Waals surface area (Å²) in [7, 11) is 3.33. The van der Waals surface area contributed by atoms with Gasteiger partial charge in [0, 0.05) is 24.1 Å². The van der Waals surface area contributed by atoms with E-state index in [1.54, 1.807) is 14.1 Å². The largest absolute Gasteiger partial charge is 0.363 e. The Labute approximate surface area is 89.2 Å². The first-order chi connectivity index (χ1) is 6.43. The molecule has 0 aliphatic rings. The zero-order chi connectivity index (χ0) is 10.9. The van der Waals surface area contributed by atoms with E-state index in [0.717, 1.165) is 12.1 Å². The van der Waals surface area contributed by atoms with Crippen LogP contribution >= 0.6 is 15.9 Å². The fraction of sp³-hybridized carbons (Fsp3) is 0.222. The summed E-state index contributed by atoms with van der Waals surface area (Å²) in [6, 6.07) is 2.02. The first-order valence-electron chi connectivity index (χ1n) is 3.84. The van der Waals surface area contributed by atoms with Crippen LogP contribution in [0.25, 0.3) is 0 Å². The van der Waals surface area contributed by atoms with E-state index in [1.807, 2.05) is 0 Å². The molecule has 0 saturated heterocycles. The Morgan fingerprint density at radius 3 is 2.29 bits per heavy atom. The van der Waals surface area contributed by atoms with Gasteiger partial charge in [-0.2, -0.15) is 0 Å². The lowest BCUT2D eigenvalue weighted by Gasteiger charge is -2.15. The van der Waals surface area contributed by atoms with Crippen molar-refractivity contribution in [1.29, 1.82) is 5.41 Å². The van der Waals surface area contributed by atoms with E-state index in [4.69, 9.17) is 5.41 Å². The highest BCUT2D eigenvalue weighted by Gasteiger charge is 2.12. The van der Waals surface area contributed by atoms with E-state index >= 15 is 0 Å². The molecule has 0 radical (unpaired) electrons. The summed E-state index contributed by atoms with van der Waals surface area (Å²) in [6.07, 6.45) is 0. The van der Waals surface area contributed by atoms with Gasteiger partial charge in [-0.25, -0.2) is 8.78 Å². The monoisotopic (exact) mass is 262 g/mol. The number of hydrogen-bond acceptors (Lipinski definition) is 1. The van der Waals surface area contributed by atoms with Crippen LogP contribution < -0.4 is 0 Å². The van der Waals surface area contributed by atoms with E-state index in [1.165, 1.54) is 4.90 Å². The summed E-state index contributed by atoms with van der Waals surface area (Å²) in [6.45, 7) is 0. The summed E-state index contributed by atoms with van der Waals surface area (Å²) in [5.41, 5.74) is 0.328. The summed E-state index contributed by atoms with van der Waals surface area (Å²) >= 11 is 3.08. The third kappa shape index (κ3) is 2.09. The van der Waals surface area contributed by atoms with Crippen LogP contribution in [0.3, 0.4) is 0 Å². The highest BCUT2D eigenvalue weighted by molar-refractivity contribution is 9.10. The predicted molar refractivity (Wildman–Crippen MR) is 54.6 cm³/mol. The quantitative estimate of drug-likeness (QED) is 0.470. The molecule has 5 heteroatoms. The summed E-state index contributed by atoms with van der Waals surface area (Å²) in [4.78, 5) is 1.51. The van der Waals surface area contributed by atoms with Gasteiger partial charge in [0.1, 0.15) is 5.84 Å². The minimum atomic E-state index is -0.949. The lowest BCUT2D eigenvalue weighted by Crippen LogP contribution is -2.22. The molecule has 1 N–H and O–H groups in total. The Morgan fingerprint density at radius 1 is 1.29 bits per heavy atom. The van der Waals surface area contributed by atoms with Gasteiger partial charge in [0.15, 0.2) is 11.6 Å². The van der Waals surface area contributed by atoms with Gasteiger partial charge in [-0.05, 0) is 28.1 Å². The molecule has 1 aromatic carbocycles. The van der Waals surface area contributed by atoms with Crippen molar-refractivity contribution in [3.05, 3.63) is 33.8 Å². The highest BCUT2D eigenvalue weighted by Crippen LogP contribution is 2.21. The smallest absolute Gasteiger partial charge is 0.159 e. The Balaban J connectivity index is 3.22. The van der Waals surface area contributed by atoms with Crippen LogP contribution in [0.15, 0.2) is 16.6 Å². The van der Waals surface area contributed by atoms with Gasteiger partial charge in [0.05, 0.1) is 0 Å². The molecule has 0 atom stereocenters. The number of halogens is 3. The molecule has 0 heterocycles. The van der Waals surface area contributed by atoms with Gasteiger partial charge in [-0.15, -0.1) is 0 Å². The molecule has 0 saturated carbocycles. The third-order valence-electron chi connectivity index (χ3n) is 1.71. The van der Waals surface area contributed by atoms with E-state index in [2.05, 4.69) is 15.9 Å². The Bertz CT molecular complexity index is 377. The van der Waals surface area contributed by atoms with Crippen molar-refractivity contribution in [2.75, 3.05) is 14.1 Å². The molecule has 0 bridgehead atoms. The second kappa shape index (κ2) is 4.04. The molecule has 2 nitrogen and oxygen atoms in total. The van der Waals surface area contributed by atoms with E-state index in [9.17, 15) is 8.78 Å². The van der Waals surface area contributed by atoms with Crippen LogP contribution in [0.1, 0.15) is 5.56 Å². The molecule has 0 aliphatic carbocycles. The number of amidine groups is 1. The second-order valence-corrected chi connectivity index (χ2v) is 3.84. The molecule has 0 fully saturated rings. The summed E-state index contributed by atoms with van der Waals surface area (Å²) < 4.78 is 26.0. The third-order valence-corrected chi connectivity index (χ3v) is 2.37. The fourth-order valence-corrected chi connectivity index (χ4v) is 1.45. The molecule has 0 aromatic heterocycles. The minimum Gasteiger partial charge on any atom is -0.363 e. The molecule has 0 spiro atoms. The molecular weight excluding hydrogens is 254 g/mol. The highest BCUT2D eigenvalue weighted by atomic mass is 79.9. The molecule has 1 rings (SSSR count). The average Bonchev–Trinajstić information content (AvgIpc) is 2.10. The lowest BCUT2D eigenvalue weighted by molar-refractivity contribution is 0.507. The standard InChI is InChI=1S/C9H9BrF2N2/c1-14(2)9(13)5-3-7(11)8(12)4-6(5)10/h3-4,13H,1-2H3. The van der Waals surface area contributed by atoms with Crippen molar-refractivity contribution < 1.29 is 8.78 Å². The first kappa shape index (κ1) is 11.1. The van der Waals surface area contributed by atoms with Crippen molar-refractivity contribution >= 4 is 21.8 Å². The van der Waals surface area contributed by atoms with E-state index in [0.29, 0.717) is 10.0 Å². The Kier molecular flexibility index (Phi) is 3.21. The van der Waals surface area contributed by atoms with Crippen LogP contribution in [0.5, 0.6) is 0 Å². The molecule has 1 aromatic rings. The lowest BCUT2D eigenvalue weighted by atomic mass is 10.2. The maximum Gasteiger partial charge on any atom is 0.159 e. The Morgan fingerprint density at radius 2 is 1.79 bits per heavy atom. The summed E-state index contributed by atoms with van der Waals surface area (Å²) in [5.74, 6) is -1.75. The van der Waals surface area contributed by atoms with Crippen LogP contribution in [0.2, 0.25) is 0 Å². The van der Waals surface area contributed by atoms with Crippen LogP contribution in [0.4, 0.5) is 8.78 Å². The number of rotatable bonds is 1. The SMILES string of the molecule is CN(C)C(=N)c1cc(F)c(F)cc1Br. The fourth-order valence-electron chi connectivity index (χ4n) is 0.945. The van der Waals surface area contributed by atoms with Crippen molar-refractivity contribution in [2.45, 2.75) is 0 Å². The molecule has 0 aliphatic heterocycles. The zero-order valence-electron chi connectivity index (χ0n) is 7.74. The van der Waals surface area contributed by atoms with Crippen molar-refractivity contribution in [3.8, 4) is 0 Å². The number of nitrogens with one attached hydrogen (secondary N) is 1. The minimum absolute atomic E-state index is 0.121. The maximum absolute atomic E-state index is 12.9. The van der Waals surface area contributed by atoms with Gasteiger partial charge in [-0.1, -0.05) is 0 Å². The summed E-state index contributed by atoms with van der Waals surface area (Å²) in [5, 5.41) is 7.60.